The summed E-state index contributed by atoms with van der Waals surface area (Å²) in [7, 11) is 2.80. The number of ether oxygens (including phenoxy) is 2. The van der Waals surface area contributed by atoms with Gasteiger partial charge in [0.25, 0.3) is 5.91 Å². The molecule has 6 heteroatoms. The fraction of sp³-hybridized carbons (Fsp3) is 0.429. The van der Waals surface area contributed by atoms with Crippen LogP contribution in [0.3, 0.4) is 0 Å². The Balaban J connectivity index is 2.93. The van der Waals surface area contributed by atoms with Crippen LogP contribution in [0.4, 0.5) is 5.69 Å². The molecule has 2 N–H and O–H groups in total. The SMILES string of the molecule is CCCN(CC(=O)OC)C(=O)c1ccc(OC)c(N)c1. The summed E-state index contributed by atoms with van der Waals surface area (Å²) in [5, 5.41) is 0. The Labute approximate surface area is 118 Å². The molecule has 0 unspecified atom stereocenters. The van der Waals surface area contributed by atoms with E-state index < -0.39 is 5.97 Å². The van der Waals surface area contributed by atoms with Crippen LogP contribution < -0.4 is 10.5 Å². The smallest absolute Gasteiger partial charge is 0.325 e. The molecule has 1 aromatic rings. The van der Waals surface area contributed by atoms with Crippen molar-refractivity contribution >= 4 is 17.6 Å². The van der Waals surface area contributed by atoms with Crippen molar-refractivity contribution in [3.05, 3.63) is 23.8 Å². The summed E-state index contributed by atoms with van der Waals surface area (Å²) in [6.07, 6.45) is 0.744. The molecule has 0 aliphatic carbocycles. The summed E-state index contributed by atoms with van der Waals surface area (Å²) in [6.45, 7) is 2.33. The maximum absolute atomic E-state index is 12.4. The zero-order chi connectivity index (χ0) is 15.1. The highest BCUT2D eigenvalue weighted by molar-refractivity contribution is 5.97. The number of benzene rings is 1. The molecular weight excluding hydrogens is 260 g/mol. The standard InChI is InChI=1S/C14H20N2O4/c1-4-7-16(9-13(17)20-3)14(18)10-5-6-12(19-2)11(15)8-10/h5-6,8H,4,7,9,15H2,1-3H3. The average molecular weight is 280 g/mol. The fourth-order valence-corrected chi connectivity index (χ4v) is 1.79. The lowest BCUT2D eigenvalue weighted by atomic mass is 10.1. The van der Waals surface area contributed by atoms with Crippen molar-refractivity contribution in [2.75, 3.05) is 33.0 Å². The van der Waals surface area contributed by atoms with Crippen molar-refractivity contribution in [3.63, 3.8) is 0 Å². The van der Waals surface area contributed by atoms with Gasteiger partial charge in [-0.05, 0) is 24.6 Å². The van der Waals surface area contributed by atoms with E-state index >= 15 is 0 Å². The predicted octanol–water partition coefficient (Wildman–Crippen LogP) is 1.30. The van der Waals surface area contributed by atoms with Gasteiger partial charge in [0, 0.05) is 12.1 Å². The third-order valence-electron chi connectivity index (χ3n) is 2.81. The van der Waals surface area contributed by atoms with Crippen molar-refractivity contribution in [1.29, 1.82) is 0 Å². The van der Waals surface area contributed by atoms with Gasteiger partial charge in [-0.15, -0.1) is 0 Å². The largest absolute Gasteiger partial charge is 0.495 e. The van der Waals surface area contributed by atoms with Crippen molar-refractivity contribution in [2.24, 2.45) is 0 Å². The Kier molecular flexibility index (Phi) is 5.83. The number of hydrogen-bond acceptors (Lipinski definition) is 5. The molecule has 1 rings (SSSR count). The van der Waals surface area contributed by atoms with Gasteiger partial charge in [0.15, 0.2) is 0 Å². The molecule has 1 aromatic carbocycles. The van der Waals surface area contributed by atoms with Crippen LogP contribution in [-0.2, 0) is 9.53 Å². The van der Waals surface area contributed by atoms with Gasteiger partial charge in [-0.2, -0.15) is 0 Å². The Hall–Kier alpha value is -2.24. The molecule has 0 heterocycles. The molecule has 0 spiro atoms. The van der Waals surface area contributed by atoms with Gasteiger partial charge in [-0.1, -0.05) is 6.92 Å². The van der Waals surface area contributed by atoms with Crippen LogP contribution in [0.2, 0.25) is 0 Å². The second-order valence-electron chi connectivity index (χ2n) is 4.26. The average Bonchev–Trinajstić information content (AvgIpc) is 2.45. The number of nitrogens with two attached hydrogens (primary N) is 1. The first-order valence-electron chi connectivity index (χ1n) is 6.33. The van der Waals surface area contributed by atoms with Crippen molar-refractivity contribution in [2.45, 2.75) is 13.3 Å². The Bertz CT molecular complexity index is 488. The maximum atomic E-state index is 12.4. The predicted molar refractivity (Wildman–Crippen MR) is 75.6 cm³/mol. The number of methoxy groups -OCH3 is 2. The monoisotopic (exact) mass is 280 g/mol. The lowest BCUT2D eigenvalue weighted by Crippen LogP contribution is -2.36. The van der Waals surface area contributed by atoms with E-state index in [9.17, 15) is 9.59 Å². The number of anilines is 1. The number of amides is 1. The normalized spacial score (nSPS) is 9.95. The Morgan fingerprint density at radius 1 is 1.30 bits per heavy atom. The molecule has 0 bridgehead atoms. The molecule has 1 amide bonds. The number of esters is 1. The summed E-state index contributed by atoms with van der Waals surface area (Å²) in [5.41, 5.74) is 6.58. The lowest BCUT2D eigenvalue weighted by molar-refractivity contribution is -0.141. The van der Waals surface area contributed by atoms with Gasteiger partial charge in [-0.25, -0.2) is 0 Å². The Morgan fingerprint density at radius 3 is 2.50 bits per heavy atom. The number of nitrogen functional groups attached to an aromatic ring is 1. The molecule has 6 nitrogen and oxygen atoms in total. The molecule has 0 aromatic heterocycles. The first kappa shape index (κ1) is 15.8. The number of carbonyl (C=O) groups excluding carboxylic acids is 2. The minimum Gasteiger partial charge on any atom is -0.495 e. The van der Waals surface area contributed by atoms with Gasteiger partial charge in [0.1, 0.15) is 12.3 Å². The number of nitrogens with zero attached hydrogens (tertiary/aromatic N) is 1. The van der Waals surface area contributed by atoms with Crippen LogP contribution in [-0.4, -0.2) is 44.1 Å². The zero-order valence-corrected chi connectivity index (χ0v) is 12.0. The van der Waals surface area contributed by atoms with E-state index in [1.807, 2.05) is 6.92 Å². The summed E-state index contributed by atoms with van der Waals surface area (Å²) in [6, 6.07) is 4.80. The number of rotatable bonds is 6. The first-order valence-corrected chi connectivity index (χ1v) is 6.33. The van der Waals surface area contributed by atoms with Gasteiger partial charge < -0.3 is 20.1 Å². The maximum Gasteiger partial charge on any atom is 0.325 e. The summed E-state index contributed by atoms with van der Waals surface area (Å²) >= 11 is 0. The van der Waals surface area contributed by atoms with Crippen molar-refractivity contribution < 1.29 is 19.1 Å². The van der Waals surface area contributed by atoms with E-state index in [0.29, 0.717) is 23.5 Å². The third-order valence-corrected chi connectivity index (χ3v) is 2.81. The van der Waals surface area contributed by atoms with E-state index in [-0.39, 0.29) is 12.5 Å². The van der Waals surface area contributed by atoms with Gasteiger partial charge in [-0.3, -0.25) is 9.59 Å². The molecule has 0 saturated heterocycles. The highest BCUT2D eigenvalue weighted by Gasteiger charge is 2.19. The van der Waals surface area contributed by atoms with Gasteiger partial charge in [0.2, 0.25) is 0 Å². The molecule has 0 fully saturated rings. The van der Waals surface area contributed by atoms with E-state index in [0.717, 1.165) is 6.42 Å². The number of carbonyl (C=O) groups is 2. The summed E-state index contributed by atoms with van der Waals surface area (Å²) in [5.74, 6) is -0.198. The van der Waals surface area contributed by atoms with Crippen LogP contribution >= 0.6 is 0 Å². The minimum atomic E-state index is -0.451. The van der Waals surface area contributed by atoms with Crippen molar-refractivity contribution in [3.8, 4) is 5.75 Å². The Morgan fingerprint density at radius 2 is 2.00 bits per heavy atom. The molecule has 110 valence electrons. The highest BCUT2D eigenvalue weighted by atomic mass is 16.5. The van der Waals surface area contributed by atoms with E-state index in [2.05, 4.69) is 4.74 Å². The zero-order valence-electron chi connectivity index (χ0n) is 12.0. The quantitative estimate of drug-likeness (QED) is 0.627. The highest BCUT2D eigenvalue weighted by Crippen LogP contribution is 2.22. The summed E-state index contributed by atoms with van der Waals surface area (Å²) < 4.78 is 9.64. The topological polar surface area (TPSA) is 81.9 Å². The third kappa shape index (κ3) is 3.88. The van der Waals surface area contributed by atoms with Crippen LogP contribution in [0.25, 0.3) is 0 Å². The molecule has 0 aliphatic heterocycles. The van der Waals surface area contributed by atoms with Crippen LogP contribution in [0.1, 0.15) is 23.7 Å². The molecular formula is C14H20N2O4. The second-order valence-corrected chi connectivity index (χ2v) is 4.26. The van der Waals surface area contributed by atoms with Gasteiger partial charge in [0.05, 0.1) is 19.9 Å². The molecule has 0 saturated carbocycles. The van der Waals surface area contributed by atoms with E-state index in [1.165, 1.54) is 19.1 Å². The first-order chi connectivity index (χ1) is 9.53. The van der Waals surface area contributed by atoms with Gasteiger partial charge >= 0.3 is 5.97 Å². The lowest BCUT2D eigenvalue weighted by Gasteiger charge is -2.21. The fourth-order valence-electron chi connectivity index (χ4n) is 1.79. The summed E-state index contributed by atoms with van der Waals surface area (Å²) in [4.78, 5) is 25.1. The van der Waals surface area contributed by atoms with E-state index in [4.69, 9.17) is 10.5 Å². The second kappa shape index (κ2) is 7.37. The van der Waals surface area contributed by atoms with Crippen LogP contribution in [0.5, 0.6) is 5.75 Å². The van der Waals surface area contributed by atoms with Crippen molar-refractivity contribution in [1.82, 2.24) is 4.90 Å². The van der Waals surface area contributed by atoms with Crippen LogP contribution in [0, 0.1) is 0 Å². The molecule has 20 heavy (non-hydrogen) atoms. The van der Waals surface area contributed by atoms with E-state index in [1.54, 1.807) is 18.2 Å². The molecule has 0 radical (unpaired) electrons. The van der Waals surface area contributed by atoms with Crippen LogP contribution in [0.15, 0.2) is 18.2 Å². The molecule has 0 aliphatic rings. The number of hydrogen-bond donors (Lipinski definition) is 1. The minimum absolute atomic E-state index is 0.0743. The molecule has 0 atom stereocenters.